The van der Waals surface area contributed by atoms with Crippen LogP contribution in [0.5, 0.6) is 5.75 Å². The lowest BCUT2D eigenvalue weighted by Gasteiger charge is -2.07. The highest BCUT2D eigenvalue weighted by Crippen LogP contribution is 2.16. The van der Waals surface area contributed by atoms with Crippen LogP contribution in [0.1, 0.15) is 13.8 Å². The zero-order valence-corrected chi connectivity index (χ0v) is 10.3. The minimum atomic E-state index is -0.989. The average Bonchev–Trinajstić information content (AvgIpc) is 2.26. The molecule has 0 aliphatic rings. The van der Waals surface area contributed by atoms with Gasteiger partial charge in [-0.2, -0.15) is 0 Å². The van der Waals surface area contributed by atoms with Crippen LogP contribution in [0, 0.1) is 0 Å². The number of aliphatic carboxylic acids is 1. The highest BCUT2D eigenvalue weighted by Gasteiger charge is 1.99. The Hall–Kier alpha value is -2.30. The maximum absolute atomic E-state index is 10.8. The van der Waals surface area contributed by atoms with Crippen molar-refractivity contribution in [2.75, 3.05) is 11.9 Å². The second-order valence-corrected chi connectivity index (χ2v) is 3.82. The molecule has 0 unspecified atom stereocenters. The van der Waals surface area contributed by atoms with Crippen molar-refractivity contribution in [3.05, 3.63) is 35.9 Å². The van der Waals surface area contributed by atoms with E-state index < -0.39 is 5.97 Å². The molecule has 18 heavy (non-hydrogen) atoms. The summed E-state index contributed by atoms with van der Waals surface area (Å²) >= 11 is 0. The number of carboxylic acids is 1. The van der Waals surface area contributed by atoms with Crippen LogP contribution in [-0.2, 0) is 9.59 Å². The van der Waals surface area contributed by atoms with Crippen molar-refractivity contribution in [1.82, 2.24) is 0 Å². The monoisotopic (exact) mass is 249 g/mol. The van der Waals surface area contributed by atoms with Crippen LogP contribution in [0.25, 0.3) is 0 Å². The Bertz CT molecular complexity index is 462. The quantitative estimate of drug-likeness (QED) is 0.783. The van der Waals surface area contributed by atoms with Crippen molar-refractivity contribution in [2.45, 2.75) is 13.8 Å². The van der Waals surface area contributed by atoms with Gasteiger partial charge in [-0.3, -0.25) is 4.79 Å². The molecule has 0 aliphatic heterocycles. The Balaban J connectivity index is 2.54. The average molecular weight is 249 g/mol. The Kier molecular flexibility index (Phi) is 4.92. The number of anilines is 1. The van der Waals surface area contributed by atoms with Gasteiger partial charge in [0.15, 0.2) is 0 Å². The minimum Gasteiger partial charge on any atom is -0.489 e. The lowest BCUT2D eigenvalue weighted by atomic mass is 10.3. The van der Waals surface area contributed by atoms with E-state index >= 15 is 0 Å². The molecule has 0 radical (unpaired) electrons. The van der Waals surface area contributed by atoms with Gasteiger partial charge in [-0.1, -0.05) is 0 Å². The topological polar surface area (TPSA) is 75.6 Å². The predicted octanol–water partition coefficient (Wildman–Crippen LogP) is 2.05. The van der Waals surface area contributed by atoms with Crippen LogP contribution in [0.15, 0.2) is 35.9 Å². The maximum atomic E-state index is 10.8. The van der Waals surface area contributed by atoms with Gasteiger partial charge in [0.1, 0.15) is 12.4 Å². The second-order valence-electron chi connectivity index (χ2n) is 3.82. The molecule has 0 fully saturated rings. The van der Waals surface area contributed by atoms with Crippen molar-refractivity contribution in [3.8, 4) is 5.75 Å². The molecule has 1 amide bonds. The zero-order chi connectivity index (χ0) is 13.5. The molecule has 1 aromatic carbocycles. The molecule has 96 valence electrons. The van der Waals surface area contributed by atoms with Gasteiger partial charge in [0.2, 0.25) is 5.91 Å². The van der Waals surface area contributed by atoms with Crippen LogP contribution < -0.4 is 10.1 Å². The fourth-order valence-corrected chi connectivity index (χ4v) is 1.29. The molecule has 1 rings (SSSR count). The number of nitrogens with one attached hydrogen (secondary N) is 1. The smallest absolute Gasteiger partial charge is 0.328 e. The molecule has 0 saturated heterocycles. The zero-order valence-electron chi connectivity index (χ0n) is 10.3. The molecule has 1 aromatic rings. The third kappa shape index (κ3) is 5.16. The van der Waals surface area contributed by atoms with Gasteiger partial charge in [0, 0.05) is 18.7 Å². The Morgan fingerprint density at radius 3 is 2.39 bits per heavy atom. The summed E-state index contributed by atoms with van der Waals surface area (Å²) in [6, 6.07) is 6.85. The van der Waals surface area contributed by atoms with Crippen LogP contribution in [0.3, 0.4) is 0 Å². The Morgan fingerprint density at radius 1 is 1.28 bits per heavy atom. The number of ether oxygens (including phenoxy) is 1. The van der Waals surface area contributed by atoms with E-state index in [4.69, 9.17) is 9.84 Å². The molecule has 2 N–H and O–H groups in total. The summed E-state index contributed by atoms with van der Waals surface area (Å²) in [5, 5.41) is 11.2. The van der Waals surface area contributed by atoms with Gasteiger partial charge in [-0.15, -0.1) is 0 Å². The summed E-state index contributed by atoms with van der Waals surface area (Å²) in [6.45, 7) is 3.33. The summed E-state index contributed by atoms with van der Waals surface area (Å²) in [5.74, 6) is -0.511. The third-order valence-corrected chi connectivity index (χ3v) is 2.01. The largest absolute Gasteiger partial charge is 0.489 e. The molecule has 0 atom stereocenters. The fraction of sp³-hybridized carbons (Fsp3) is 0.231. The number of hydrogen-bond acceptors (Lipinski definition) is 3. The second kappa shape index (κ2) is 6.44. The summed E-state index contributed by atoms with van der Waals surface area (Å²) in [6.07, 6.45) is 1.10. The van der Waals surface area contributed by atoms with E-state index in [0.29, 0.717) is 17.0 Å². The van der Waals surface area contributed by atoms with E-state index in [-0.39, 0.29) is 12.5 Å². The number of amides is 1. The SMILES string of the molecule is CC(=O)Nc1ccc(OCC(C)=CC(=O)O)cc1. The molecule has 0 bridgehead atoms. The van der Waals surface area contributed by atoms with E-state index in [1.165, 1.54) is 6.92 Å². The number of rotatable bonds is 5. The van der Waals surface area contributed by atoms with Gasteiger partial charge in [-0.25, -0.2) is 4.79 Å². The van der Waals surface area contributed by atoms with Crippen molar-refractivity contribution < 1.29 is 19.4 Å². The summed E-state index contributed by atoms with van der Waals surface area (Å²) < 4.78 is 5.38. The van der Waals surface area contributed by atoms with Gasteiger partial charge in [0.05, 0.1) is 0 Å². The van der Waals surface area contributed by atoms with Crippen molar-refractivity contribution in [2.24, 2.45) is 0 Å². The van der Waals surface area contributed by atoms with E-state index in [0.717, 1.165) is 6.08 Å². The first-order valence-corrected chi connectivity index (χ1v) is 5.38. The normalized spacial score (nSPS) is 10.9. The maximum Gasteiger partial charge on any atom is 0.328 e. The third-order valence-electron chi connectivity index (χ3n) is 2.01. The van der Waals surface area contributed by atoms with Gasteiger partial charge in [-0.05, 0) is 36.8 Å². The molecule has 0 aromatic heterocycles. The lowest BCUT2D eigenvalue weighted by molar-refractivity contribution is -0.131. The summed E-state index contributed by atoms with van der Waals surface area (Å²) in [4.78, 5) is 21.2. The lowest BCUT2D eigenvalue weighted by Crippen LogP contribution is -2.05. The van der Waals surface area contributed by atoms with E-state index in [2.05, 4.69) is 5.32 Å². The highest BCUT2D eigenvalue weighted by atomic mass is 16.5. The summed E-state index contributed by atoms with van der Waals surface area (Å²) in [7, 11) is 0. The molecule has 5 nitrogen and oxygen atoms in total. The Labute approximate surface area is 105 Å². The summed E-state index contributed by atoms with van der Waals surface area (Å²) in [5.41, 5.74) is 1.31. The first-order valence-electron chi connectivity index (χ1n) is 5.38. The van der Waals surface area contributed by atoms with Crippen LogP contribution in [0.2, 0.25) is 0 Å². The number of carbonyl (C=O) groups excluding carboxylic acids is 1. The molecule has 0 spiro atoms. The molecule has 0 aliphatic carbocycles. The predicted molar refractivity (Wildman–Crippen MR) is 67.6 cm³/mol. The van der Waals surface area contributed by atoms with Crippen LogP contribution >= 0.6 is 0 Å². The first-order chi connectivity index (χ1) is 8.47. The number of benzene rings is 1. The number of hydrogen-bond donors (Lipinski definition) is 2. The van der Waals surface area contributed by atoms with E-state index in [1.54, 1.807) is 31.2 Å². The molecule has 0 saturated carbocycles. The number of carbonyl (C=O) groups is 2. The van der Waals surface area contributed by atoms with E-state index in [1.807, 2.05) is 0 Å². The van der Waals surface area contributed by atoms with Crippen molar-refractivity contribution in [1.29, 1.82) is 0 Å². The van der Waals surface area contributed by atoms with Crippen LogP contribution in [0.4, 0.5) is 5.69 Å². The molecular weight excluding hydrogens is 234 g/mol. The highest BCUT2D eigenvalue weighted by molar-refractivity contribution is 5.88. The van der Waals surface area contributed by atoms with Crippen molar-refractivity contribution in [3.63, 3.8) is 0 Å². The standard InChI is InChI=1S/C13H15NO4/c1-9(7-13(16)17)8-18-12-5-3-11(4-6-12)14-10(2)15/h3-7H,8H2,1-2H3,(H,14,15)(H,16,17). The Morgan fingerprint density at radius 2 is 1.89 bits per heavy atom. The molecule has 5 heteroatoms. The molecular formula is C13H15NO4. The van der Waals surface area contributed by atoms with Gasteiger partial charge < -0.3 is 15.2 Å². The van der Waals surface area contributed by atoms with Gasteiger partial charge in [0.25, 0.3) is 0 Å². The fourth-order valence-electron chi connectivity index (χ4n) is 1.29. The van der Waals surface area contributed by atoms with Crippen LogP contribution in [-0.4, -0.2) is 23.6 Å². The first kappa shape index (κ1) is 13.8. The minimum absolute atomic E-state index is 0.135. The number of carboxylic acid groups (broad SMARTS) is 1. The van der Waals surface area contributed by atoms with E-state index in [9.17, 15) is 9.59 Å². The molecule has 0 heterocycles. The van der Waals surface area contributed by atoms with Crippen molar-refractivity contribution >= 4 is 17.6 Å². The van der Waals surface area contributed by atoms with Gasteiger partial charge >= 0.3 is 5.97 Å².